The Bertz CT molecular complexity index is 1190. The van der Waals surface area contributed by atoms with Gasteiger partial charge in [-0.15, -0.1) is 0 Å². The van der Waals surface area contributed by atoms with Gasteiger partial charge in [-0.05, 0) is 41.5 Å². The van der Waals surface area contributed by atoms with E-state index in [0.717, 1.165) is 9.80 Å². The van der Waals surface area contributed by atoms with Gasteiger partial charge in [0.1, 0.15) is 22.8 Å². The predicted molar refractivity (Wildman–Crippen MR) is 126 cm³/mol. The number of fused-ring (bicyclic) bond motifs is 2. The molecular formula is C21H32N4O10S2. The van der Waals surface area contributed by atoms with Crippen LogP contribution in [0, 0.1) is 11.8 Å². The highest BCUT2D eigenvalue weighted by molar-refractivity contribution is 7.94. The number of ether oxygens (including phenoxy) is 2. The van der Waals surface area contributed by atoms with Crippen LogP contribution in [-0.4, -0.2) is 102 Å². The summed E-state index contributed by atoms with van der Waals surface area (Å²) in [6, 6.07) is -4.51. The maximum atomic E-state index is 13.1. The van der Waals surface area contributed by atoms with Gasteiger partial charge < -0.3 is 30.7 Å². The number of hydrogen-bond acceptors (Lipinski definition) is 12. The minimum Gasteiger partial charge on any atom is -0.426 e. The van der Waals surface area contributed by atoms with Crippen molar-refractivity contribution in [2.24, 2.45) is 23.3 Å². The van der Waals surface area contributed by atoms with E-state index in [0.29, 0.717) is 0 Å². The molecule has 4 aliphatic rings. The second-order valence-corrected chi connectivity index (χ2v) is 16.4. The Labute approximate surface area is 214 Å². The van der Waals surface area contributed by atoms with Gasteiger partial charge in [-0.25, -0.2) is 26.4 Å². The molecule has 4 rings (SSSR count). The summed E-state index contributed by atoms with van der Waals surface area (Å²) in [5.74, 6) is -5.42. The molecule has 208 valence electrons. The van der Waals surface area contributed by atoms with Gasteiger partial charge in [0.25, 0.3) is 0 Å². The van der Waals surface area contributed by atoms with Crippen molar-refractivity contribution in [3.63, 3.8) is 0 Å². The number of rotatable bonds is 6. The lowest BCUT2D eigenvalue weighted by molar-refractivity contribution is -0.183. The lowest BCUT2D eigenvalue weighted by Crippen LogP contribution is -2.67. The highest BCUT2D eigenvalue weighted by Crippen LogP contribution is 2.51. The first-order chi connectivity index (χ1) is 16.8. The standard InChI is InChI=1S/C21H32N4O10S2/c1-8(22)10-14(26)24-12(20(3,4)36(30,31)16(10)24)18(28)34-7-35-19(29)13-21(5,6)37(32,33)17-11(9(2)23)15(27)25(13)17/h8-13,16-17H,7,22-23H2,1-6H3/t8?,9?,10-,11-,12-,13-,16+,17+/m0/s1. The maximum Gasteiger partial charge on any atom is 0.333 e. The van der Waals surface area contributed by atoms with Crippen molar-refractivity contribution in [1.82, 2.24) is 9.80 Å². The first kappa shape index (κ1) is 27.7. The maximum absolute atomic E-state index is 13.1. The summed E-state index contributed by atoms with van der Waals surface area (Å²) >= 11 is 0. The quantitative estimate of drug-likeness (QED) is 0.194. The molecule has 0 radical (unpaired) electrons. The molecule has 0 aromatic heterocycles. The van der Waals surface area contributed by atoms with Crippen LogP contribution in [-0.2, 0) is 48.3 Å². The number of nitrogens with two attached hydrogens (primary N) is 2. The third-order valence-corrected chi connectivity index (χ3v) is 13.9. The van der Waals surface area contributed by atoms with Crippen LogP contribution < -0.4 is 11.5 Å². The van der Waals surface area contributed by atoms with Crippen LogP contribution in [0.2, 0.25) is 0 Å². The number of carbonyl (C=O) groups is 4. The Hall–Kier alpha value is -2.30. The van der Waals surface area contributed by atoms with Gasteiger partial charge in [-0.2, -0.15) is 0 Å². The minimum atomic E-state index is -4.00. The third kappa shape index (κ3) is 3.27. The van der Waals surface area contributed by atoms with E-state index in [4.69, 9.17) is 20.9 Å². The van der Waals surface area contributed by atoms with Gasteiger partial charge in [0.15, 0.2) is 19.7 Å². The van der Waals surface area contributed by atoms with Gasteiger partial charge in [0.2, 0.25) is 18.6 Å². The van der Waals surface area contributed by atoms with Gasteiger partial charge in [0.05, 0.1) is 21.3 Å². The molecule has 0 bridgehead atoms. The van der Waals surface area contributed by atoms with Crippen molar-refractivity contribution < 1.29 is 45.5 Å². The first-order valence-corrected chi connectivity index (χ1v) is 14.8. The Balaban J connectivity index is 1.47. The summed E-state index contributed by atoms with van der Waals surface area (Å²) in [5, 5.41) is -2.54. The first-order valence-electron chi connectivity index (χ1n) is 11.7. The molecule has 14 nitrogen and oxygen atoms in total. The summed E-state index contributed by atoms with van der Waals surface area (Å²) in [6.45, 7) is 7.19. The van der Waals surface area contributed by atoms with E-state index < -0.39 is 106 Å². The minimum absolute atomic E-state index is 0.600. The molecule has 16 heteroatoms. The van der Waals surface area contributed by atoms with Crippen LogP contribution in [0.4, 0.5) is 0 Å². The van der Waals surface area contributed by atoms with E-state index in [1.54, 1.807) is 0 Å². The Morgan fingerprint density at radius 3 is 1.35 bits per heavy atom. The van der Waals surface area contributed by atoms with Crippen LogP contribution in [0.25, 0.3) is 0 Å². The molecule has 4 saturated heterocycles. The van der Waals surface area contributed by atoms with Crippen LogP contribution >= 0.6 is 0 Å². The fourth-order valence-electron chi connectivity index (χ4n) is 5.93. The molecule has 4 aliphatic heterocycles. The topological polar surface area (TPSA) is 214 Å². The average molecular weight is 565 g/mol. The fourth-order valence-corrected chi connectivity index (χ4v) is 10.8. The molecule has 4 fully saturated rings. The molecule has 8 atom stereocenters. The Kier molecular flexibility index (Phi) is 6.07. The molecular weight excluding hydrogens is 532 g/mol. The number of hydrogen-bond donors (Lipinski definition) is 2. The molecule has 4 heterocycles. The summed E-state index contributed by atoms with van der Waals surface area (Å²) < 4.78 is 58.9. The summed E-state index contributed by atoms with van der Waals surface area (Å²) in [4.78, 5) is 52.9. The third-order valence-electron chi connectivity index (χ3n) is 8.20. The van der Waals surface area contributed by atoms with Gasteiger partial charge in [-0.3, -0.25) is 9.59 Å². The van der Waals surface area contributed by atoms with E-state index in [1.807, 2.05) is 0 Å². The van der Waals surface area contributed by atoms with Crippen molar-refractivity contribution in [1.29, 1.82) is 0 Å². The van der Waals surface area contributed by atoms with E-state index in [2.05, 4.69) is 0 Å². The fraction of sp³-hybridized carbons (Fsp3) is 0.810. The van der Waals surface area contributed by atoms with Gasteiger partial charge in [0, 0.05) is 12.1 Å². The van der Waals surface area contributed by atoms with E-state index in [-0.39, 0.29) is 0 Å². The van der Waals surface area contributed by atoms with Crippen LogP contribution in [0.15, 0.2) is 0 Å². The second-order valence-electron chi connectivity index (χ2n) is 11.2. The average Bonchev–Trinajstić information content (AvgIpc) is 2.97. The SMILES string of the molecule is CC(N)[C@H]1C(=O)N2[C@@H](C(=O)OCOC(=O)[C@@H]3N4C(=O)[C@H](C(C)N)[C@H]4S(=O)(=O)C3(C)C)C(C)(C)S(=O)(=O)[C@H]12. The summed E-state index contributed by atoms with van der Waals surface area (Å²) in [5.41, 5.74) is 11.6. The monoisotopic (exact) mass is 564 g/mol. The molecule has 4 N–H and O–H groups in total. The zero-order chi connectivity index (χ0) is 28.2. The van der Waals surface area contributed by atoms with Crippen molar-refractivity contribution in [3.05, 3.63) is 0 Å². The summed E-state index contributed by atoms with van der Waals surface area (Å²) in [6.07, 6.45) is 0. The van der Waals surface area contributed by atoms with Crippen molar-refractivity contribution in [2.75, 3.05) is 6.79 Å². The number of nitrogens with zero attached hydrogens (tertiary/aromatic N) is 2. The molecule has 0 saturated carbocycles. The molecule has 0 spiro atoms. The van der Waals surface area contributed by atoms with Crippen molar-refractivity contribution in [3.8, 4) is 0 Å². The lowest BCUT2D eigenvalue weighted by atomic mass is 9.87. The van der Waals surface area contributed by atoms with Crippen LogP contribution in [0.1, 0.15) is 41.5 Å². The number of carbonyl (C=O) groups excluding carboxylic acids is 4. The highest BCUT2D eigenvalue weighted by atomic mass is 32.2. The molecule has 0 aliphatic carbocycles. The number of sulfone groups is 2. The Morgan fingerprint density at radius 2 is 1.08 bits per heavy atom. The van der Waals surface area contributed by atoms with E-state index in [9.17, 15) is 36.0 Å². The van der Waals surface area contributed by atoms with Gasteiger partial charge in [-0.1, -0.05) is 0 Å². The lowest BCUT2D eigenvalue weighted by Gasteiger charge is -2.44. The number of β-lactam (4-membered cyclic amide) rings is 2. The molecule has 2 unspecified atom stereocenters. The van der Waals surface area contributed by atoms with Gasteiger partial charge >= 0.3 is 11.9 Å². The molecule has 0 aromatic rings. The van der Waals surface area contributed by atoms with Crippen molar-refractivity contribution >= 4 is 43.4 Å². The molecule has 2 amide bonds. The zero-order valence-electron chi connectivity index (χ0n) is 21.3. The smallest absolute Gasteiger partial charge is 0.333 e. The van der Waals surface area contributed by atoms with Crippen LogP contribution in [0.3, 0.4) is 0 Å². The predicted octanol–water partition coefficient (Wildman–Crippen LogP) is -2.56. The number of esters is 2. The second kappa shape index (κ2) is 8.10. The largest absolute Gasteiger partial charge is 0.426 e. The zero-order valence-corrected chi connectivity index (χ0v) is 22.9. The Morgan fingerprint density at radius 1 is 0.784 bits per heavy atom. The molecule has 0 aromatic carbocycles. The van der Waals surface area contributed by atoms with Crippen molar-refractivity contribution in [2.45, 2.75) is 86.0 Å². The summed E-state index contributed by atoms with van der Waals surface area (Å²) in [7, 11) is -8.00. The number of amides is 2. The normalized spacial score (nSPS) is 37.5. The highest BCUT2D eigenvalue weighted by Gasteiger charge is 2.74. The van der Waals surface area contributed by atoms with E-state index in [1.165, 1.54) is 41.5 Å². The van der Waals surface area contributed by atoms with Crippen LogP contribution in [0.5, 0.6) is 0 Å². The van der Waals surface area contributed by atoms with E-state index >= 15 is 0 Å². The molecule has 37 heavy (non-hydrogen) atoms.